The Bertz CT molecular complexity index is 912. The van der Waals surface area contributed by atoms with Gasteiger partial charge in [0.15, 0.2) is 11.7 Å². The number of aromatic nitrogens is 3. The van der Waals surface area contributed by atoms with Crippen LogP contribution in [-0.2, 0) is 6.42 Å². The number of para-hydroxylation sites is 1. The highest BCUT2D eigenvalue weighted by molar-refractivity contribution is 5.80. The van der Waals surface area contributed by atoms with Gasteiger partial charge < -0.3 is 20.0 Å². The van der Waals surface area contributed by atoms with Gasteiger partial charge in [-0.2, -0.15) is 5.10 Å². The predicted octanol–water partition coefficient (Wildman–Crippen LogP) is 2.83. The Labute approximate surface area is 176 Å². The first-order valence-corrected chi connectivity index (χ1v) is 10.6. The quantitative estimate of drug-likeness (QED) is 0.412. The largest absolute Gasteiger partial charge is 0.461 e. The molecule has 30 heavy (non-hydrogen) atoms. The van der Waals surface area contributed by atoms with Crippen LogP contribution in [-0.4, -0.2) is 53.4 Å². The van der Waals surface area contributed by atoms with Crippen molar-refractivity contribution in [3.05, 3.63) is 54.6 Å². The summed E-state index contributed by atoms with van der Waals surface area (Å²) in [5.74, 6) is 2.91. The molecule has 0 bridgehead atoms. The second kappa shape index (κ2) is 9.96. The summed E-state index contributed by atoms with van der Waals surface area (Å²) in [7, 11) is 0. The smallest absolute Gasteiger partial charge is 0.216 e. The zero-order valence-corrected chi connectivity index (χ0v) is 17.3. The Morgan fingerprint density at radius 2 is 2.03 bits per heavy atom. The molecule has 8 nitrogen and oxygen atoms in total. The zero-order chi connectivity index (χ0) is 20.6. The van der Waals surface area contributed by atoms with Gasteiger partial charge in [0.2, 0.25) is 5.82 Å². The van der Waals surface area contributed by atoms with Gasteiger partial charge >= 0.3 is 0 Å². The third-order valence-electron chi connectivity index (χ3n) is 5.19. The first-order chi connectivity index (χ1) is 14.8. The molecule has 0 aliphatic carbocycles. The fourth-order valence-corrected chi connectivity index (χ4v) is 3.63. The van der Waals surface area contributed by atoms with Crippen LogP contribution in [0.2, 0.25) is 0 Å². The number of nitrogens with zero attached hydrogens (tertiary/aromatic N) is 4. The third-order valence-corrected chi connectivity index (χ3v) is 5.19. The number of hydrogen-bond donors (Lipinski definition) is 3. The Kier molecular flexibility index (Phi) is 6.64. The molecule has 0 saturated carbocycles. The molecule has 3 aromatic rings. The standard InChI is InChI=1S/C22H29N7O/c1-2-23-22(24-13-10-20-26-21(28-27-20)19-9-6-16-30-19)25-17-11-14-29(15-12-17)18-7-4-3-5-8-18/h3-9,16-17H,2,10-15H2,1H3,(H2,23,24,25)(H,26,27,28). The first kappa shape index (κ1) is 20.0. The molecule has 4 rings (SSSR count). The van der Waals surface area contributed by atoms with Crippen molar-refractivity contribution in [2.45, 2.75) is 32.2 Å². The van der Waals surface area contributed by atoms with Crippen LogP contribution in [0, 0.1) is 0 Å². The number of furan rings is 1. The molecule has 0 amide bonds. The minimum absolute atomic E-state index is 0.429. The van der Waals surface area contributed by atoms with Gasteiger partial charge in [-0.3, -0.25) is 10.1 Å². The van der Waals surface area contributed by atoms with E-state index in [4.69, 9.17) is 9.41 Å². The van der Waals surface area contributed by atoms with Crippen molar-refractivity contribution in [2.75, 3.05) is 31.1 Å². The molecule has 1 fully saturated rings. The highest BCUT2D eigenvalue weighted by atomic mass is 16.3. The van der Waals surface area contributed by atoms with Crippen LogP contribution in [0.4, 0.5) is 5.69 Å². The van der Waals surface area contributed by atoms with Gasteiger partial charge in [0.05, 0.1) is 6.26 Å². The van der Waals surface area contributed by atoms with Gasteiger partial charge in [-0.25, -0.2) is 4.98 Å². The van der Waals surface area contributed by atoms with Crippen LogP contribution in [0.3, 0.4) is 0 Å². The van der Waals surface area contributed by atoms with Crippen LogP contribution in [0.1, 0.15) is 25.6 Å². The molecule has 3 heterocycles. The molecule has 0 atom stereocenters. The van der Waals surface area contributed by atoms with Crippen LogP contribution in [0.25, 0.3) is 11.6 Å². The van der Waals surface area contributed by atoms with E-state index in [0.717, 1.165) is 44.3 Å². The van der Waals surface area contributed by atoms with Crippen molar-refractivity contribution in [1.82, 2.24) is 25.8 Å². The van der Waals surface area contributed by atoms with E-state index in [1.807, 2.05) is 12.1 Å². The lowest BCUT2D eigenvalue weighted by molar-refractivity contribution is 0.461. The summed E-state index contributed by atoms with van der Waals surface area (Å²) in [5, 5.41) is 14.1. The van der Waals surface area contributed by atoms with Gasteiger partial charge in [0, 0.05) is 44.3 Å². The molecular weight excluding hydrogens is 378 g/mol. The van der Waals surface area contributed by atoms with Gasteiger partial charge in [-0.05, 0) is 44.0 Å². The highest BCUT2D eigenvalue weighted by Gasteiger charge is 2.20. The number of guanidine groups is 1. The minimum Gasteiger partial charge on any atom is -0.461 e. The zero-order valence-electron chi connectivity index (χ0n) is 17.3. The fraction of sp³-hybridized carbons (Fsp3) is 0.409. The number of piperidine rings is 1. The van der Waals surface area contributed by atoms with E-state index in [9.17, 15) is 0 Å². The summed E-state index contributed by atoms with van der Waals surface area (Å²) in [6, 6.07) is 14.7. The van der Waals surface area contributed by atoms with Crippen LogP contribution < -0.4 is 15.5 Å². The van der Waals surface area contributed by atoms with Crippen LogP contribution >= 0.6 is 0 Å². The SMILES string of the molecule is CCNC(=NCCc1nc(-c2ccco2)n[nH]1)NC1CCN(c2ccccc2)CC1. The molecule has 8 heteroatoms. The summed E-state index contributed by atoms with van der Waals surface area (Å²) >= 11 is 0. The molecule has 0 spiro atoms. The van der Waals surface area contributed by atoms with Crippen molar-refractivity contribution < 1.29 is 4.42 Å². The first-order valence-electron chi connectivity index (χ1n) is 10.6. The number of benzene rings is 1. The number of aliphatic imine (C=N–C) groups is 1. The Balaban J connectivity index is 1.27. The second-order valence-corrected chi connectivity index (χ2v) is 7.33. The van der Waals surface area contributed by atoms with E-state index in [1.54, 1.807) is 6.26 Å². The van der Waals surface area contributed by atoms with Crippen molar-refractivity contribution in [1.29, 1.82) is 0 Å². The number of rotatable bonds is 7. The lowest BCUT2D eigenvalue weighted by atomic mass is 10.0. The average Bonchev–Trinajstić information content (AvgIpc) is 3.47. The molecule has 158 valence electrons. The van der Waals surface area contributed by atoms with E-state index in [2.05, 4.69) is 68.0 Å². The Hall–Kier alpha value is -3.29. The maximum Gasteiger partial charge on any atom is 0.216 e. The van der Waals surface area contributed by atoms with E-state index < -0.39 is 0 Å². The number of anilines is 1. The summed E-state index contributed by atoms with van der Waals surface area (Å²) in [6.07, 6.45) is 4.49. The number of aromatic amines is 1. The second-order valence-electron chi connectivity index (χ2n) is 7.33. The van der Waals surface area contributed by atoms with E-state index in [0.29, 0.717) is 30.6 Å². The number of H-pyrrole nitrogens is 1. The summed E-state index contributed by atoms with van der Waals surface area (Å²) in [6.45, 7) is 5.65. The molecule has 1 aliphatic heterocycles. The van der Waals surface area contributed by atoms with Crippen LogP contribution in [0.5, 0.6) is 0 Å². The molecule has 1 aromatic carbocycles. The van der Waals surface area contributed by atoms with E-state index in [-0.39, 0.29) is 0 Å². The number of hydrogen-bond acceptors (Lipinski definition) is 5. The molecule has 2 aromatic heterocycles. The third kappa shape index (κ3) is 5.20. The van der Waals surface area contributed by atoms with Crippen LogP contribution in [0.15, 0.2) is 58.1 Å². The van der Waals surface area contributed by atoms with Crippen molar-refractivity contribution >= 4 is 11.6 Å². The molecule has 0 unspecified atom stereocenters. The lowest BCUT2D eigenvalue weighted by Crippen LogP contribution is -2.48. The van der Waals surface area contributed by atoms with E-state index in [1.165, 1.54) is 5.69 Å². The fourth-order valence-electron chi connectivity index (χ4n) is 3.63. The molecule has 1 aliphatic rings. The summed E-state index contributed by atoms with van der Waals surface area (Å²) in [5.41, 5.74) is 1.30. The topological polar surface area (TPSA) is 94.4 Å². The van der Waals surface area contributed by atoms with Crippen molar-refractivity contribution in [3.8, 4) is 11.6 Å². The van der Waals surface area contributed by atoms with Gasteiger partial charge in [0.25, 0.3) is 0 Å². The van der Waals surface area contributed by atoms with Crippen molar-refractivity contribution in [3.63, 3.8) is 0 Å². The van der Waals surface area contributed by atoms with Gasteiger partial charge in [-0.1, -0.05) is 18.2 Å². The van der Waals surface area contributed by atoms with E-state index >= 15 is 0 Å². The van der Waals surface area contributed by atoms with Gasteiger partial charge in [-0.15, -0.1) is 0 Å². The normalized spacial score (nSPS) is 15.4. The summed E-state index contributed by atoms with van der Waals surface area (Å²) < 4.78 is 5.33. The predicted molar refractivity (Wildman–Crippen MR) is 119 cm³/mol. The Morgan fingerprint density at radius 3 is 2.77 bits per heavy atom. The number of nitrogens with one attached hydrogen (secondary N) is 3. The maximum absolute atomic E-state index is 5.33. The molecule has 3 N–H and O–H groups in total. The van der Waals surface area contributed by atoms with Gasteiger partial charge in [0.1, 0.15) is 5.82 Å². The maximum atomic E-state index is 5.33. The lowest BCUT2D eigenvalue weighted by Gasteiger charge is -2.34. The summed E-state index contributed by atoms with van der Waals surface area (Å²) in [4.78, 5) is 11.6. The molecule has 1 saturated heterocycles. The average molecular weight is 408 g/mol. The monoisotopic (exact) mass is 407 g/mol. The molecule has 0 radical (unpaired) electrons. The Morgan fingerprint density at radius 1 is 1.20 bits per heavy atom. The highest BCUT2D eigenvalue weighted by Crippen LogP contribution is 2.19. The minimum atomic E-state index is 0.429. The van der Waals surface area contributed by atoms with Crippen molar-refractivity contribution in [2.24, 2.45) is 4.99 Å². The molecular formula is C22H29N7O.